The van der Waals surface area contributed by atoms with Crippen LogP contribution in [0, 0.1) is 14.9 Å². The quantitative estimate of drug-likeness (QED) is 0.339. The Morgan fingerprint density at radius 3 is 2.61 bits per heavy atom. The lowest BCUT2D eigenvalue weighted by molar-refractivity contribution is -0.123. The summed E-state index contributed by atoms with van der Waals surface area (Å²) in [6, 6.07) is 15.6. The molecule has 2 aromatic carbocycles. The Morgan fingerprint density at radius 2 is 1.97 bits per heavy atom. The van der Waals surface area contributed by atoms with Crippen molar-refractivity contribution in [3.05, 3.63) is 67.6 Å². The minimum absolute atomic E-state index is 0.0113. The fourth-order valence-electron chi connectivity index (χ4n) is 3.04. The number of hydrogen-bond donors (Lipinski definition) is 0. The van der Waals surface area contributed by atoms with Gasteiger partial charge in [-0.15, -0.1) is 0 Å². The van der Waals surface area contributed by atoms with Crippen molar-refractivity contribution in [1.29, 1.82) is 5.26 Å². The van der Waals surface area contributed by atoms with E-state index in [2.05, 4.69) is 33.7 Å². The van der Waals surface area contributed by atoms with E-state index in [1.54, 1.807) is 11.0 Å². The van der Waals surface area contributed by atoms with Crippen LogP contribution < -0.4 is 4.74 Å². The number of nitriles is 1. The number of amidine groups is 1. The third-order valence-electron chi connectivity index (χ3n) is 4.50. The van der Waals surface area contributed by atoms with Gasteiger partial charge < -0.3 is 4.74 Å². The van der Waals surface area contributed by atoms with Crippen molar-refractivity contribution in [1.82, 2.24) is 4.90 Å². The molecule has 1 heterocycles. The molecule has 0 aliphatic carbocycles. The maximum absolute atomic E-state index is 12.9. The molecule has 0 saturated carbocycles. The molecule has 0 radical (unpaired) electrons. The van der Waals surface area contributed by atoms with Gasteiger partial charge in [-0.25, -0.2) is 0 Å². The molecule has 1 saturated heterocycles. The number of hydrogen-bond acceptors (Lipinski definition) is 5. The molecule has 1 amide bonds. The summed E-state index contributed by atoms with van der Waals surface area (Å²) in [5, 5.41) is 9.99. The molecule has 5 nitrogen and oxygen atoms in total. The van der Waals surface area contributed by atoms with Crippen LogP contribution in [-0.2, 0) is 11.4 Å². The lowest BCUT2D eigenvalue weighted by Crippen LogP contribution is -2.35. The number of carbonyl (C=O) groups is 1. The Morgan fingerprint density at radius 1 is 1.23 bits per heavy atom. The number of ether oxygens (including phenoxy) is 1. The summed E-state index contributed by atoms with van der Waals surface area (Å²) in [5.41, 5.74) is 2.40. The monoisotopic (exact) mass is 545 g/mol. The molecule has 1 aliphatic rings. The second kappa shape index (κ2) is 10.3. The zero-order valence-corrected chi connectivity index (χ0v) is 20.9. The molecule has 0 aromatic heterocycles. The molecular weight excluding hydrogens is 521 g/mol. The van der Waals surface area contributed by atoms with Crippen LogP contribution >= 0.6 is 34.4 Å². The molecule has 0 atom stereocenters. The molecule has 1 fully saturated rings. The van der Waals surface area contributed by atoms with Crippen LogP contribution in [0.1, 0.15) is 44.4 Å². The first kappa shape index (κ1) is 23.4. The number of aliphatic imine (C=N–C) groups is 1. The van der Waals surface area contributed by atoms with Gasteiger partial charge in [0.2, 0.25) is 0 Å². The summed E-state index contributed by atoms with van der Waals surface area (Å²) in [6.07, 6.45) is 1.90. The zero-order chi connectivity index (χ0) is 22.5. The van der Waals surface area contributed by atoms with E-state index in [1.165, 1.54) is 11.8 Å². The number of thioether (sulfide) groups is 1. The van der Waals surface area contributed by atoms with Crippen LogP contribution in [0.5, 0.6) is 5.75 Å². The molecular formula is C24H24IN3O2S. The van der Waals surface area contributed by atoms with Gasteiger partial charge in [0, 0.05) is 17.6 Å². The minimum Gasteiger partial charge on any atom is -0.488 e. The summed E-state index contributed by atoms with van der Waals surface area (Å²) in [6.45, 7) is 8.34. The van der Waals surface area contributed by atoms with Crippen LogP contribution in [0.2, 0.25) is 0 Å². The molecule has 7 heteroatoms. The van der Waals surface area contributed by atoms with Crippen LogP contribution in [0.25, 0.3) is 6.08 Å². The van der Waals surface area contributed by atoms with Crippen molar-refractivity contribution in [3.8, 4) is 11.8 Å². The zero-order valence-electron chi connectivity index (χ0n) is 17.9. The highest BCUT2D eigenvalue weighted by atomic mass is 127. The van der Waals surface area contributed by atoms with E-state index in [0.717, 1.165) is 25.6 Å². The van der Waals surface area contributed by atoms with E-state index in [9.17, 15) is 10.1 Å². The van der Waals surface area contributed by atoms with Crippen molar-refractivity contribution >= 4 is 51.5 Å². The average molecular weight is 545 g/mol. The fourth-order valence-corrected chi connectivity index (χ4v) is 4.97. The lowest BCUT2D eigenvalue weighted by Gasteiger charge is -2.20. The molecule has 0 spiro atoms. The fraction of sp³-hybridized carbons (Fsp3) is 0.292. The first-order valence-electron chi connectivity index (χ1n) is 10.0. The first-order chi connectivity index (χ1) is 14.8. The van der Waals surface area contributed by atoms with Gasteiger partial charge in [-0.2, -0.15) is 5.26 Å². The largest absolute Gasteiger partial charge is 0.488 e. The lowest BCUT2D eigenvalue weighted by atomic mass is 10.1. The first-order valence-corrected chi connectivity index (χ1v) is 11.9. The predicted molar refractivity (Wildman–Crippen MR) is 135 cm³/mol. The Hall–Kier alpha value is -2.31. The molecule has 0 bridgehead atoms. The summed E-state index contributed by atoms with van der Waals surface area (Å²) in [4.78, 5) is 20.0. The smallest absolute Gasteiger partial charge is 0.266 e. The van der Waals surface area contributed by atoms with Crippen LogP contribution in [0.15, 0.2) is 52.4 Å². The van der Waals surface area contributed by atoms with Gasteiger partial charge in [-0.1, -0.05) is 24.3 Å². The SMILES string of the molecule is CC(C)N=C1S/C(=C/c2ccc(OCc3ccccc3C#N)c(I)c2)C(=O)N1C(C)C. The van der Waals surface area contributed by atoms with E-state index in [1.807, 2.05) is 70.2 Å². The minimum atomic E-state index is -0.0113. The number of benzene rings is 2. The van der Waals surface area contributed by atoms with E-state index in [4.69, 9.17) is 4.74 Å². The highest BCUT2D eigenvalue weighted by molar-refractivity contribution is 14.1. The van der Waals surface area contributed by atoms with Crippen molar-refractivity contribution in [2.24, 2.45) is 4.99 Å². The molecule has 2 aromatic rings. The van der Waals surface area contributed by atoms with E-state index in [-0.39, 0.29) is 18.0 Å². The summed E-state index contributed by atoms with van der Waals surface area (Å²) < 4.78 is 6.88. The maximum Gasteiger partial charge on any atom is 0.266 e. The van der Waals surface area contributed by atoms with Crippen molar-refractivity contribution in [2.45, 2.75) is 46.4 Å². The predicted octanol–water partition coefficient (Wildman–Crippen LogP) is 5.83. The van der Waals surface area contributed by atoms with Gasteiger partial charge in [0.15, 0.2) is 5.17 Å². The number of amides is 1. The Balaban J connectivity index is 1.79. The summed E-state index contributed by atoms with van der Waals surface area (Å²) in [7, 11) is 0. The van der Waals surface area contributed by atoms with Gasteiger partial charge in [0.1, 0.15) is 12.4 Å². The normalized spacial score (nSPS) is 16.6. The molecule has 3 rings (SSSR count). The van der Waals surface area contributed by atoms with Crippen molar-refractivity contribution in [2.75, 3.05) is 0 Å². The molecule has 160 valence electrons. The van der Waals surface area contributed by atoms with Crippen LogP contribution in [0.4, 0.5) is 0 Å². The van der Waals surface area contributed by atoms with Gasteiger partial charge in [0.05, 0.1) is 20.1 Å². The highest BCUT2D eigenvalue weighted by Crippen LogP contribution is 2.35. The molecule has 0 unspecified atom stereocenters. The maximum atomic E-state index is 12.9. The Labute approximate surface area is 201 Å². The van der Waals surface area contributed by atoms with Crippen molar-refractivity contribution < 1.29 is 9.53 Å². The number of carbonyl (C=O) groups excluding carboxylic acids is 1. The number of halogens is 1. The van der Waals surface area contributed by atoms with Gasteiger partial charge >= 0.3 is 0 Å². The topological polar surface area (TPSA) is 65.7 Å². The molecule has 1 aliphatic heterocycles. The van der Waals surface area contributed by atoms with Crippen LogP contribution in [-0.4, -0.2) is 28.1 Å². The number of nitrogens with zero attached hydrogens (tertiary/aromatic N) is 3. The van der Waals surface area contributed by atoms with Gasteiger partial charge in [0.25, 0.3) is 5.91 Å². The van der Waals surface area contributed by atoms with E-state index >= 15 is 0 Å². The van der Waals surface area contributed by atoms with E-state index < -0.39 is 0 Å². The summed E-state index contributed by atoms with van der Waals surface area (Å²) >= 11 is 3.65. The molecule has 0 N–H and O–H groups in total. The number of rotatable bonds is 6. The average Bonchev–Trinajstić information content (AvgIpc) is 3.01. The van der Waals surface area contributed by atoms with Gasteiger partial charge in [-0.05, 0) is 91.9 Å². The second-order valence-corrected chi connectivity index (χ2v) is 9.80. The highest BCUT2D eigenvalue weighted by Gasteiger charge is 2.35. The molecule has 31 heavy (non-hydrogen) atoms. The standard InChI is InChI=1S/C24H24IN3O2S/c1-15(2)27-24-28(16(3)4)23(29)22(31-24)12-17-9-10-21(20(25)11-17)30-14-19-8-6-5-7-18(19)13-26/h5-12,15-16H,14H2,1-4H3/b22-12+,27-24?. The van der Waals surface area contributed by atoms with Crippen LogP contribution in [0.3, 0.4) is 0 Å². The summed E-state index contributed by atoms with van der Waals surface area (Å²) in [5.74, 6) is 0.731. The third kappa shape index (κ3) is 5.69. The second-order valence-electron chi connectivity index (χ2n) is 7.63. The Kier molecular flexibility index (Phi) is 7.79. The third-order valence-corrected chi connectivity index (χ3v) is 6.34. The van der Waals surface area contributed by atoms with E-state index in [0.29, 0.717) is 17.1 Å². The Bertz CT molecular complexity index is 1090. The van der Waals surface area contributed by atoms with Gasteiger partial charge in [-0.3, -0.25) is 14.7 Å². The van der Waals surface area contributed by atoms with Crippen molar-refractivity contribution in [3.63, 3.8) is 0 Å².